The molecule has 1 heterocycles. The molecule has 0 aromatic carbocycles. The van der Waals surface area contributed by atoms with Gasteiger partial charge in [-0.25, -0.2) is 4.79 Å². The van der Waals surface area contributed by atoms with Crippen LogP contribution in [0.1, 0.15) is 24.3 Å². The van der Waals surface area contributed by atoms with E-state index in [1.807, 2.05) is 6.92 Å². The molecule has 0 saturated carbocycles. The van der Waals surface area contributed by atoms with Gasteiger partial charge >= 0.3 is 11.9 Å². The second-order valence-corrected chi connectivity index (χ2v) is 3.74. The zero-order valence-electron chi connectivity index (χ0n) is 10.6. The fourth-order valence-electron chi connectivity index (χ4n) is 1.38. The van der Waals surface area contributed by atoms with Gasteiger partial charge in [0.05, 0.1) is 12.7 Å². The van der Waals surface area contributed by atoms with E-state index in [0.29, 0.717) is 5.56 Å². The highest BCUT2D eigenvalue weighted by Gasteiger charge is 2.24. The number of nitrogens with zero attached hydrogens (tertiary/aromatic N) is 1. The van der Waals surface area contributed by atoms with Crippen LogP contribution in [0.2, 0.25) is 0 Å². The first-order valence-electron chi connectivity index (χ1n) is 5.32. The van der Waals surface area contributed by atoms with Gasteiger partial charge in [-0.3, -0.25) is 9.78 Å². The SMILES string of the molecule is C=C(C(=O)OC)C(OC(C)=O)c1ccc(C)nc1. The van der Waals surface area contributed by atoms with E-state index >= 15 is 0 Å². The molecule has 1 aromatic heterocycles. The number of carbonyl (C=O) groups excluding carboxylic acids is 2. The van der Waals surface area contributed by atoms with E-state index in [1.54, 1.807) is 12.1 Å². The summed E-state index contributed by atoms with van der Waals surface area (Å²) in [5, 5.41) is 0. The standard InChI is InChI=1S/C13H15NO4/c1-8-5-6-11(7-14-8)12(18-10(3)15)9(2)13(16)17-4/h5-7,12H,2H2,1,3-4H3. The van der Waals surface area contributed by atoms with E-state index in [9.17, 15) is 9.59 Å². The Labute approximate surface area is 105 Å². The van der Waals surface area contributed by atoms with Gasteiger partial charge in [-0.05, 0) is 13.0 Å². The lowest BCUT2D eigenvalue weighted by molar-refractivity contribution is -0.147. The van der Waals surface area contributed by atoms with E-state index in [-0.39, 0.29) is 5.57 Å². The number of pyridine rings is 1. The molecule has 0 spiro atoms. The number of esters is 2. The van der Waals surface area contributed by atoms with Crippen LogP contribution in [0.3, 0.4) is 0 Å². The third-order valence-corrected chi connectivity index (χ3v) is 2.28. The minimum absolute atomic E-state index is 0.0540. The number of aryl methyl sites for hydroxylation is 1. The number of ether oxygens (including phenoxy) is 2. The first kappa shape index (κ1) is 13.9. The summed E-state index contributed by atoms with van der Waals surface area (Å²) in [6.07, 6.45) is 0.667. The molecule has 0 radical (unpaired) electrons. The average molecular weight is 249 g/mol. The molecule has 0 saturated heterocycles. The Kier molecular flexibility index (Phi) is 4.59. The van der Waals surface area contributed by atoms with Crippen molar-refractivity contribution in [2.45, 2.75) is 20.0 Å². The molecule has 1 atom stereocenters. The van der Waals surface area contributed by atoms with E-state index in [4.69, 9.17) is 4.74 Å². The van der Waals surface area contributed by atoms with E-state index in [2.05, 4.69) is 16.3 Å². The van der Waals surface area contributed by atoms with Crippen LogP contribution < -0.4 is 0 Å². The number of hydrogen-bond acceptors (Lipinski definition) is 5. The van der Waals surface area contributed by atoms with Gasteiger partial charge < -0.3 is 9.47 Å². The van der Waals surface area contributed by atoms with Gasteiger partial charge in [-0.15, -0.1) is 0 Å². The normalized spacial score (nSPS) is 11.5. The second kappa shape index (κ2) is 5.95. The van der Waals surface area contributed by atoms with Gasteiger partial charge in [0.1, 0.15) is 0 Å². The maximum atomic E-state index is 11.4. The van der Waals surface area contributed by atoms with Crippen molar-refractivity contribution < 1.29 is 19.1 Å². The van der Waals surface area contributed by atoms with Crippen LogP contribution >= 0.6 is 0 Å². The average Bonchev–Trinajstić information content (AvgIpc) is 2.35. The second-order valence-electron chi connectivity index (χ2n) is 3.74. The summed E-state index contributed by atoms with van der Waals surface area (Å²) in [7, 11) is 1.24. The summed E-state index contributed by atoms with van der Waals surface area (Å²) in [6, 6.07) is 3.49. The summed E-state index contributed by atoms with van der Waals surface area (Å²) in [5.41, 5.74) is 1.45. The summed E-state index contributed by atoms with van der Waals surface area (Å²) in [4.78, 5) is 26.6. The van der Waals surface area contributed by atoms with Gasteiger partial charge in [0.15, 0.2) is 6.10 Å². The maximum Gasteiger partial charge on any atom is 0.337 e. The van der Waals surface area contributed by atoms with Crippen molar-refractivity contribution in [1.29, 1.82) is 0 Å². The molecule has 96 valence electrons. The van der Waals surface area contributed by atoms with Gasteiger partial charge in [0.25, 0.3) is 0 Å². The number of rotatable bonds is 4. The summed E-state index contributed by atoms with van der Waals surface area (Å²) < 4.78 is 9.65. The van der Waals surface area contributed by atoms with Gasteiger partial charge in [0, 0.05) is 24.4 Å². The van der Waals surface area contributed by atoms with Crippen molar-refractivity contribution in [2.24, 2.45) is 0 Å². The predicted octanol–water partition coefficient (Wildman–Crippen LogP) is 1.72. The monoisotopic (exact) mass is 249 g/mol. The molecule has 1 unspecified atom stereocenters. The van der Waals surface area contributed by atoms with Crippen LogP contribution in [0.25, 0.3) is 0 Å². The molecule has 0 N–H and O–H groups in total. The molecule has 0 amide bonds. The largest absolute Gasteiger partial charge is 0.466 e. The predicted molar refractivity (Wildman–Crippen MR) is 64.6 cm³/mol. The summed E-state index contributed by atoms with van der Waals surface area (Å²) in [5.74, 6) is -1.13. The van der Waals surface area contributed by atoms with Crippen LogP contribution in [0, 0.1) is 6.92 Å². The Morgan fingerprint density at radius 3 is 2.50 bits per heavy atom. The Morgan fingerprint density at radius 2 is 2.06 bits per heavy atom. The highest BCUT2D eigenvalue weighted by Crippen LogP contribution is 2.25. The van der Waals surface area contributed by atoms with E-state index < -0.39 is 18.0 Å². The van der Waals surface area contributed by atoms with Crippen LogP contribution in [0.4, 0.5) is 0 Å². The van der Waals surface area contributed by atoms with Crippen molar-refractivity contribution in [1.82, 2.24) is 4.98 Å². The molecular formula is C13H15NO4. The molecule has 0 aliphatic rings. The molecular weight excluding hydrogens is 234 g/mol. The third kappa shape index (κ3) is 3.41. The third-order valence-electron chi connectivity index (χ3n) is 2.28. The molecule has 18 heavy (non-hydrogen) atoms. The fraction of sp³-hybridized carbons (Fsp3) is 0.308. The van der Waals surface area contributed by atoms with Crippen molar-refractivity contribution in [3.8, 4) is 0 Å². The molecule has 1 aromatic rings. The molecule has 1 rings (SSSR count). The number of carbonyl (C=O) groups is 2. The zero-order chi connectivity index (χ0) is 13.7. The lowest BCUT2D eigenvalue weighted by Crippen LogP contribution is -2.17. The lowest BCUT2D eigenvalue weighted by Gasteiger charge is -2.18. The van der Waals surface area contributed by atoms with Crippen LogP contribution in [-0.2, 0) is 19.1 Å². The lowest BCUT2D eigenvalue weighted by atomic mass is 10.0. The fourth-order valence-corrected chi connectivity index (χ4v) is 1.38. The number of hydrogen-bond donors (Lipinski definition) is 0. The van der Waals surface area contributed by atoms with Crippen molar-refractivity contribution in [3.63, 3.8) is 0 Å². The van der Waals surface area contributed by atoms with Crippen LogP contribution in [0.5, 0.6) is 0 Å². The van der Waals surface area contributed by atoms with Crippen molar-refractivity contribution >= 4 is 11.9 Å². The minimum Gasteiger partial charge on any atom is -0.466 e. The highest BCUT2D eigenvalue weighted by molar-refractivity contribution is 5.89. The van der Waals surface area contributed by atoms with Gasteiger partial charge in [-0.2, -0.15) is 0 Å². The Bertz CT molecular complexity index is 464. The summed E-state index contributed by atoms with van der Waals surface area (Å²) >= 11 is 0. The quantitative estimate of drug-likeness (QED) is 0.600. The zero-order valence-corrected chi connectivity index (χ0v) is 10.6. The van der Waals surface area contributed by atoms with Gasteiger partial charge in [-0.1, -0.05) is 12.6 Å². The Morgan fingerprint density at radius 1 is 1.39 bits per heavy atom. The smallest absolute Gasteiger partial charge is 0.337 e. The first-order valence-corrected chi connectivity index (χ1v) is 5.32. The van der Waals surface area contributed by atoms with Gasteiger partial charge in [0.2, 0.25) is 0 Å². The number of methoxy groups -OCH3 is 1. The van der Waals surface area contributed by atoms with Crippen molar-refractivity contribution in [3.05, 3.63) is 41.7 Å². The van der Waals surface area contributed by atoms with E-state index in [0.717, 1.165) is 5.69 Å². The Hall–Kier alpha value is -2.17. The molecule has 5 nitrogen and oxygen atoms in total. The summed E-state index contributed by atoms with van der Waals surface area (Å²) in [6.45, 7) is 6.69. The Balaban J connectivity index is 3.05. The van der Waals surface area contributed by atoms with E-state index in [1.165, 1.54) is 20.2 Å². The maximum absolute atomic E-state index is 11.4. The molecule has 5 heteroatoms. The number of aromatic nitrogens is 1. The molecule has 0 fully saturated rings. The van der Waals surface area contributed by atoms with Crippen molar-refractivity contribution in [2.75, 3.05) is 7.11 Å². The van der Waals surface area contributed by atoms with Crippen LogP contribution in [0.15, 0.2) is 30.5 Å². The van der Waals surface area contributed by atoms with Crippen LogP contribution in [-0.4, -0.2) is 24.0 Å². The molecule has 0 aliphatic carbocycles. The molecule has 0 aliphatic heterocycles. The minimum atomic E-state index is -0.872. The molecule has 0 bridgehead atoms. The highest BCUT2D eigenvalue weighted by atomic mass is 16.6. The topological polar surface area (TPSA) is 65.5 Å². The first-order chi connectivity index (χ1) is 8.45.